The highest BCUT2D eigenvalue weighted by Gasteiger charge is 2.32. The quantitative estimate of drug-likeness (QED) is 0.405. The van der Waals surface area contributed by atoms with Crippen LogP contribution in [0.4, 0.5) is 5.95 Å². The second kappa shape index (κ2) is 9.21. The molecule has 0 fully saturated rings. The number of sulfonamides is 1. The van der Waals surface area contributed by atoms with Crippen LogP contribution in [0.25, 0.3) is 17.3 Å². The molecule has 9 nitrogen and oxygen atoms in total. The summed E-state index contributed by atoms with van der Waals surface area (Å²) in [6.45, 7) is 10.3. The van der Waals surface area contributed by atoms with Gasteiger partial charge < -0.3 is 13.9 Å². The third kappa shape index (κ3) is 4.73. The van der Waals surface area contributed by atoms with Crippen LogP contribution < -0.4 is 13.8 Å². The normalized spacial score (nSPS) is 11.9. The van der Waals surface area contributed by atoms with Crippen LogP contribution in [0, 0.1) is 0 Å². The zero-order valence-corrected chi connectivity index (χ0v) is 20.7. The van der Waals surface area contributed by atoms with Crippen LogP contribution in [0.3, 0.4) is 0 Å². The lowest BCUT2D eigenvalue weighted by atomic mass is 10.2. The Morgan fingerprint density at radius 1 is 1.12 bits per heavy atom. The van der Waals surface area contributed by atoms with E-state index in [1.807, 2.05) is 0 Å². The van der Waals surface area contributed by atoms with Gasteiger partial charge in [-0.25, -0.2) is 12.7 Å². The summed E-state index contributed by atoms with van der Waals surface area (Å²) >= 11 is 0. The Kier molecular flexibility index (Phi) is 6.79. The smallest absolute Gasteiger partial charge is 0.259 e. The Balaban J connectivity index is 2.34. The Morgan fingerprint density at radius 2 is 1.78 bits per heavy atom. The van der Waals surface area contributed by atoms with E-state index in [4.69, 9.17) is 13.9 Å². The Hall–Kier alpha value is -3.05. The predicted molar refractivity (Wildman–Crippen MR) is 127 cm³/mol. The highest BCUT2D eigenvalue weighted by atomic mass is 32.2. The number of anilines is 1. The van der Waals surface area contributed by atoms with Crippen LogP contribution in [0.1, 0.15) is 0 Å². The maximum absolute atomic E-state index is 13.1. The molecule has 2 heterocycles. The molecule has 1 aromatic carbocycles. The molecule has 32 heavy (non-hydrogen) atoms. The highest BCUT2D eigenvalue weighted by Crippen LogP contribution is 2.39. The molecular weight excluding hydrogens is 448 g/mol. The van der Waals surface area contributed by atoms with E-state index in [2.05, 4.69) is 36.4 Å². The van der Waals surface area contributed by atoms with E-state index in [1.165, 1.54) is 24.8 Å². The molecule has 0 aliphatic rings. The second-order valence-corrected chi connectivity index (χ2v) is 15.7. The molecule has 0 amide bonds. The van der Waals surface area contributed by atoms with Crippen LogP contribution in [-0.4, -0.2) is 52.0 Å². The average Bonchev–Trinajstić information content (AvgIpc) is 3.42. The number of hydrogen-bond acceptors (Lipinski definition) is 7. The van der Waals surface area contributed by atoms with Crippen LogP contribution >= 0.6 is 0 Å². The summed E-state index contributed by atoms with van der Waals surface area (Å²) in [5.74, 6) is 1.74. The first-order valence-corrected chi connectivity index (χ1v) is 15.2. The molecule has 0 aliphatic heterocycles. The first-order chi connectivity index (χ1) is 15.1. The third-order valence-electron chi connectivity index (χ3n) is 4.82. The molecule has 0 atom stereocenters. The van der Waals surface area contributed by atoms with Crippen molar-refractivity contribution < 1.29 is 22.3 Å². The van der Waals surface area contributed by atoms with Crippen molar-refractivity contribution in [2.45, 2.75) is 25.7 Å². The average molecular weight is 477 g/mol. The summed E-state index contributed by atoms with van der Waals surface area (Å²) in [4.78, 5) is 0. The van der Waals surface area contributed by atoms with E-state index >= 15 is 0 Å². The molecule has 11 heteroatoms. The Morgan fingerprint density at radius 3 is 2.28 bits per heavy atom. The van der Waals surface area contributed by atoms with Gasteiger partial charge in [0.1, 0.15) is 17.2 Å². The SMILES string of the molecule is C=CS(=O)(=O)N(CC[Si](C)(C)C)c1nnc(-c2ccco2)n1-c1c(OC)cccc1OC. The molecule has 0 N–H and O–H groups in total. The van der Waals surface area contributed by atoms with Crippen molar-refractivity contribution in [3.63, 3.8) is 0 Å². The fourth-order valence-electron chi connectivity index (χ4n) is 3.13. The number of para-hydroxylation sites is 1. The molecule has 0 aliphatic carbocycles. The van der Waals surface area contributed by atoms with Crippen LogP contribution in [0.5, 0.6) is 11.5 Å². The predicted octanol–water partition coefficient (Wildman–Crippen LogP) is 4.16. The van der Waals surface area contributed by atoms with Crippen molar-refractivity contribution in [1.29, 1.82) is 0 Å². The zero-order valence-electron chi connectivity index (χ0n) is 18.9. The second-order valence-electron chi connectivity index (χ2n) is 8.24. The van der Waals surface area contributed by atoms with Crippen molar-refractivity contribution in [1.82, 2.24) is 14.8 Å². The van der Waals surface area contributed by atoms with E-state index in [-0.39, 0.29) is 12.5 Å². The van der Waals surface area contributed by atoms with Gasteiger partial charge in [0.05, 0.1) is 20.5 Å². The van der Waals surface area contributed by atoms with E-state index in [0.29, 0.717) is 34.8 Å². The summed E-state index contributed by atoms with van der Waals surface area (Å²) in [5, 5.41) is 9.47. The van der Waals surface area contributed by atoms with Gasteiger partial charge in [-0.3, -0.25) is 4.57 Å². The van der Waals surface area contributed by atoms with Gasteiger partial charge in [-0.05, 0) is 30.3 Å². The van der Waals surface area contributed by atoms with Crippen molar-refractivity contribution >= 4 is 24.0 Å². The monoisotopic (exact) mass is 476 g/mol. The number of aromatic nitrogens is 3. The standard InChI is InChI=1S/C21H28N4O5SSi/c1-7-31(26,27)24(13-15-32(4,5)6)21-23-22-20(18-12-9-14-30-18)25(21)19-16(28-2)10-8-11-17(19)29-3/h7-12,14H,1,13,15H2,2-6H3. The molecule has 0 saturated heterocycles. The van der Waals surface area contributed by atoms with Gasteiger partial charge in [-0.15, -0.1) is 10.2 Å². The number of ether oxygens (including phenoxy) is 2. The summed E-state index contributed by atoms with van der Waals surface area (Å²) in [6.07, 6.45) is 1.51. The first kappa shape index (κ1) is 23.6. The molecule has 0 unspecified atom stereocenters. The van der Waals surface area contributed by atoms with Gasteiger partial charge in [0.2, 0.25) is 11.8 Å². The number of rotatable bonds is 10. The third-order valence-corrected chi connectivity index (χ3v) is 7.92. The fourth-order valence-corrected chi connectivity index (χ4v) is 5.06. The molecule has 0 saturated carbocycles. The number of benzene rings is 1. The summed E-state index contributed by atoms with van der Waals surface area (Å²) in [6, 6.07) is 9.44. The highest BCUT2D eigenvalue weighted by molar-refractivity contribution is 7.95. The topological polar surface area (TPSA) is 99.7 Å². The van der Waals surface area contributed by atoms with Crippen molar-refractivity contribution in [3.05, 3.63) is 48.6 Å². The van der Waals surface area contributed by atoms with Gasteiger partial charge in [0.25, 0.3) is 10.0 Å². The molecule has 3 rings (SSSR count). The zero-order chi connectivity index (χ0) is 23.5. The summed E-state index contributed by atoms with van der Waals surface area (Å²) < 4.78 is 45.6. The molecule has 0 radical (unpaired) electrons. The fraction of sp³-hybridized carbons (Fsp3) is 0.333. The van der Waals surface area contributed by atoms with E-state index < -0.39 is 18.1 Å². The molecule has 0 spiro atoms. The maximum atomic E-state index is 13.1. The van der Waals surface area contributed by atoms with Gasteiger partial charge in [0.15, 0.2) is 5.76 Å². The first-order valence-electron chi connectivity index (χ1n) is 9.99. The van der Waals surface area contributed by atoms with Crippen LogP contribution in [0.15, 0.2) is 53.0 Å². The largest absolute Gasteiger partial charge is 0.494 e. The van der Waals surface area contributed by atoms with Gasteiger partial charge >= 0.3 is 0 Å². The minimum Gasteiger partial charge on any atom is -0.494 e. The molecule has 0 bridgehead atoms. The maximum Gasteiger partial charge on any atom is 0.259 e. The van der Waals surface area contributed by atoms with Crippen molar-refractivity contribution in [3.8, 4) is 28.8 Å². The van der Waals surface area contributed by atoms with Gasteiger partial charge in [-0.1, -0.05) is 32.3 Å². The van der Waals surface area contributed by atoms with E-state index in [9.17, 15) is 8.42 Å². The van der Waals surface area contributed by atoms with Crippen molar-refractivity contribution in [2.24, 2.45) is 0 Å². The van der Waals surface area contributed by atoms with Gasteiger partial charge in [0, 0.05) is 20.0 Å². The minimum absolute atomic E-state index is 0.0948. The van der Waals surface area contributed by atoms with E-state index in [0.717, 1.165) is 5.41 Å². The van der Waals surface area contributed by atoms with Crippen LogP contribution in [-0.2, 0) is 10.0 Å². The number of nitrogens with zero attached hydrogens (tertiary/aromatic N) is 4. The molecular formula is C21H28N4O5SSi. The number of methoxy groups -OCH3 is 2. The van der Waals surface area contributed by atoms with Gasteiger partial charge in [-0.2, -0.15) is 0 Å². The number of hydrogen-bond donors (Lipinski definition) is 0. The van der Waals surface area contributed by atoms with Crippen molar-refractivity contribution in [2.75, 3.05) is 25.1 Å². The lowest BCUT2D eigenvalue weighted by molar-refractivity contribution is 0.391. The lowest BCUT2D eigenvalue weighted by Gasteiger charge is -2.26. The summed E-state index contributed by atoms with van der Waals surface area (Å²) in [5.41, 5.74) is 0.459. The molecule has 172 valence electrons. The molecule has 3 aromatic rings. The Bertz CT molecular complexity index is 1160. The summed E-state index contributed by atoms with van der Waals surface area (Å²) in [7, 11) is -2.41. The number of furan rings is 1. The minimum atomic E-state index is -3.88. The van der Waals surface area contributed by atoms with Crippen LogP contribution in [0.2, 0.25) is 25.7 Å². The Labute approximate surface area is 189 Å². The lowest BCUT2D eigenvalue weighted by Crippen LogP contribution is -2.36. The van der Waals surface area contributed by atoms with E-state index in [1.54, 1.807) is 34.9 Å². The molecule has 2 aromatic heterocycles.